The van der Waals surface area contributed by atoms with Gasteiger partial charge in [-0.3, -0.25) is 4.79 Å². The highest BCUT2D eigenvalue weighted by atomic mass is 127. The van der Waals surface area contributed by atoms with Gasteiger partial charge in [0.25, 0.3) is 0 Å². The first-order chi connectivity index (χ1) is 10.7. The van der Waals surface area contributed by atoms with Crippen molar-refractivity contribution in [3.63, 3.8) is 0 Å². The van der Waals surface area contributed by atoms with Crippen molar-refractivity contribution in [2.75, 3.05) is 26.2 Å². The van der Waals surface area contributed by atoms with Crippen molar-refractivity contribution in [1.29, 1.82) is 0 Å². The number of aliphatic imine (C=N–C) groups is 1. The Bertz CT molecular complexity index is 479. The van der Waals surface area contributed by atoms with Gasteiger partial charge < -0.3 is 16.0 Å². The molecule has 0 bridgehead atoms. The van der Waals surface area contributed by atoms with Crippen LogP contribution in [0.5, 0.6) is 0 Å². The molecule has 1 aromatic rings. The summed E-state index contributed by atoms with van der Waals surface area (Å²) in [5, 5.41) is 9.03. The number of amides is 1. The third-order valence-corrected chi connectivity index (χ3v) is 2.92. The third kappa shape index (κ3) is 10.1. The van der Waals surface area contributed by atoms with Crippen LogP contribution in [-0.2, 0) is 11.2 Å². The van der Waals surface area contributed by atoms with E-state index in [0.29, 0.717) is 19.0 Å². The quantitative estimate of drug-likeness (QED) is 0.332. The minimum absolute atomic E-state index is 0. The molecule has 0 atom stereocenters. The summed E-state index contributed by atoms with van der Waals surface area (Å²) < 4.78 is 12.8. The molecule has 23 heavy (non-hydrogen) atoms. The Morgan fingerprint density at radius 2 is 1.78 bits per heavy atom. The number of benzene rings is 1. The molecule has 0 fully saturated rings. The summed E-state index contributed by atoms with van der Waals surface area (Å²) in [6, 6.07) is 6.43. The first-order valence-corrected chi connectivity index (χ1v) is 7.69. The van der Waals surface area contributed by atoms with Crippen molar-refractivity contribution >= 4 is 35.8 Å². The van der Waals surface area contributed by atoms with Crippen LogP contribution in [0.25, 0.3) is 0 Å². The average Bonchev–Trinajstić information content (AvgIpc) is 2.52. The Morgan fingerprint density at radius 3 is 2.39 bits per heavy atom. The zero-order valence-electron chi connectivity index (χ0n) is 13.7. The van der Waals surface area contributed by atoms with Crippen LogP contribution in [0.4, 0.5) is 4.39 Å². The Morgan fingerprint density at radius 1 is 1.09 bits per heavy atom. The van der Waals surface area contributed by atoms with Gasteiger partial charge in [-0.2, -0.15) is 0 Å². The topological polar surface area (TPSA) is 65.5 Å². The monoisotopic (exact) mass is 436 g/mol. The highest BCUT2D eigenvalue weighted by Gasteiger charge is 2.01. The molecule has 0 aliphatic rings. The van der Waals surface area contributed by atoms with Gasteiger partial charge in [-0.25, -0.2) is 9.38 Å². The molecule has 5 nitrogen and oxygen atoms in total. The fourth-order valence-corrected chi connectivity index (χ4v) is 1.79. The van der Waals surface area contributed by atoms with Crippen molar-refractivity contribution in [3.05, 3.63) is 35.6 Å². The standard InChI is InChI=1S/C16H25FN4O.HI/c1-3-10-19-15(22)12-21-16(18-4-2)20-11-9-13-5-7-14(17)8-6-13;/h5-8H,3-4,9-12H2,1-2H3,(H,19,22)(H2,18,20,21);1H. The van der Waals surface area contributed by atoms with Gasteiger partial charge in [0.2, 0.25) is 5.91 Å². The van der Waals surface area contributed by atoms with E-state index in [0.717, 1.165) is 24.9 Å². The van der Waals surface area contributed by atoms with Crippen molar-refractivity contribution in [1.82, 2.24) is 16.0 Å². The molecule has 0 aliphatic carbocycles. The summed E-state index contributed by atoms with van der Waals surface area (Å²) in [6.07, 6.45) is 1.66. The van der Waals surface area contributed by atoms with E-state index in [1.165, 1.54) is 12.1 Å². The van der Waals surface area contributed by atoms with Crippen molar-refractivity contribution in [3.8, 4) is 0 Å². The van der Waals surface area contributed by atoms with Gasteiger partial charge in [-0.15, -0.1) is 24.0 Å². The second-order valence-electron chi connectivity index (χ2n) is 4.85. The van der Waals surface area contributed by atoms with Gasteiger partial charge in [0.15, 0.2) is 5.96 Å². The number of carbonyl (C=O) groups excluding carboxylic acids is 1. The Labute approximate surface area is 154 Å². The molecule has 0 spiro atoms. The van der Waals surface area contributed by atoms with Crippen LogP contribution >= 0.6 is 24.0 Å². The molecule has 0 aromatic heterocycles. The maximum absolute atomic E-state index is 12.8. The van der Waals surface area contributed by atoms with Crippen molar-refractivity contribution in [2.45, 2.75) is 26.7 Å². The lowest BCUT2D eigenvalue weighted by Gasteiger charge is -2.11. The molecule has 0 saturated carbocycles. The lowest BCUT2D eigenvalue weighted by atomic mass is 10.1. The van der Waals surface area contributed by atoms with Crippen molar-refractivity contribution in [2.24, 2.45) is 4.99 Å². The molecule has 0 heterocycles. The second kappa shape index (κ2) is 13.1. The second-order valence-corrected chi connectivity index (χ2v) is 4.85. The Kier molecular flexibility index (Phi) is 12.3. The zero-order valence-corrected chi connectivity index (χ0v) is 16.0. The summed E-state index contributed by atoms with van der Waals surface area (Å²) in [7, 11) is 0. The maximum Gasteiger partial charge on any atom is 0.241 e. The predicted octanol–water partition coefficient (Wildman–Crippen LogP) is 2.07. The SMILES string of the molecule is CCCNC(=O)CN=C(NCC)NCCc1ccc(F)cc1.I. The smallest absolute Gasteiger partial charge is 0.241 e. The van der Waals surface area contributed by atoms with Crippen molar-refractivity contribution < 1.29 is 9.18 Å². The molecule has 130 valence electrons. The number of nitrogens with one attached hydrogen (secondary N) is 3. The average molecular weight is 436 g/mol. The van der Waals surface area contributed by atoms with Gasteiger partial charge in [-0.1, -0.05) is 19.1 Å². The Hall–Kier alpha value is -1.38. The first-order valence-electron chi connectivity index (χ1n) is 7.69. The van der Waals surface area contributed by atoms with Gasteiger partial charge in [-0.05, 0) is 37.5 Å². The molecule has 3 N–H and O–H groups in total. The molecule has 1 amide bonds. The molecule has 7 heteroatoms. The number of hydrogen-bond donors (Lipinski definition) is 3. The molecule has 1 aromatic carbocycles. The molecule has 0 aliphatic heterocycles. The molecule has 0 unspecified atom stereocenters. The molecule has 1 rings (SSSR count). The number of halogens is 2. The van der Waals surface area contributed by atoms with Crippen LogP contribution in [0, 0.1) is 5.82 Å². The lowest BCUT2D eigenvalue weighted by Crippen LogP contribution is -2.39. The molecular weight excluding hydrogens is 410 g/mol. The van der Waals surface area contributed by atoms with Crippen LogP contribution < -0.4 is 16.0 Å². The molecule has 0 radical (unpaired) electrons. The minimum Gasteiger partial charge on any atom is -0.357 e. The van der Waals surface area contributed by atoms with E-state index in [-0.39, 0.29) is 42.2 Å². The van der Waals surface area contributed by atoms with Gasteiger partial charge >= 0.3 is 0 Å². The van der Waals surface area contributed by atoms with Gasteiger partial charge in [0.05, 0.1) is 0 Å². The van der Waals surface area contributed by atoms with Crippen LogP contribution in [0.2, 0.25) is 0 Å². The van der Waals surface area contributed by atoms with E-state index in [1.807, 2.05) is 13.8 Å². The summed E-state index contributed by atoms with van der Waals surface area (Å²) in [4.78, 5) is 15.8. The number of carbonyl (C=O) groups is 1. The fraction of sp³-hybridized carbons (Fsp3) is 0.500. The number of hydrogen-bond acceptors (Lipinski definition) is 2. The van der Waals surface area contributed by atoms with E-state index < -0.39 is 0 Å². The summed E-state index contributed by atoms with van der Waals surface area (Å²) in [6.45, 7) is 6.13. The van der Waals surface area contributed by atoms with Crippen LogP contribution in [-0.4, -0.2) is 38.0 Å². The fourth-order valence-electron chi connectivity index (χ4n) is 1.79. The Balaban J connectivity index is 0.00000484. The van der Waals surface area contributed by atoms with E-state index in [4.69, 9.17) is 0 Å². The summed E-state index contributed by atoms with van der Waals surface area (Å²) in [5.41, 5.74) is 1.05. The highest BCUT2D eigenvalue weighted by molar-refractivity contribution is 14.0. The zero-order chi connectivity index (χ0) is 16.2. The predicted molar refractivity (Wildman–Crippen MR) is 103 cm³/mol. The summed E-state index contributed by atoms with van der Waals surface area (Å²) >= 11 is 0. The van der Waals surface area contributed by atoms with Crippen LogP contribution in [0.3, 0.4) is 0 Å². The third-order valence-electron chi connectivity index (χ3n) is 2.92. The normalized spacial score (nSPS) is 10.7. The van der Waals surface area contributed by atoms with E-state index in [1.54, 1.807) is 12.1 Å². The molecule has 0 saturated heterocycles. The summed E-state index contributed by atoms with van der Waals surface area (Å²) in [5.74, 6) is 0.290. The number of rotatable bonds is 8. The molecular formula is C16H26FIN4O. The van der Waals surface area contributed by atoms with Crippen LogP contribution in [0.15, 0.2) is 29.3 Å². The van der Waals surface area contributed by atoms with E-state index >= 15 is 0 Å². The number of nitrogens with zero attached hydrogens (tertiary/aromatic N) is 1. The number of guanidine groups is 1. The minimum atomic E-state index is -0.232. The van der Waals surface area contributed by atoms with E-state index in [9.17, 15) is 9.18 Å². The van der Waals surface area contributed by atoms with Crippen LogP contribution in [0.1, 0.15) is 25.8 Å². The highest BCUT2D eigenvalue weighted by Crippen LogP contribution is 2.02. The largest absolute Gasteiger partial charge is 0.357 e. The van der Waals surface area contributed by atoms with Gasteiger partial charge in [0, 0.05) is 19.6 Å². The lowest BCUT2D eigenvalue weighted by molar-refractivity contribution is -0.119. The first kappa shape index (κ1) is 21.6. The van der Waals surface area contributed by atoms with E-state index in [2.05, 4.69) is 20.9 Å². The maximum atomic E-state index is 12.8. The van der Waals surface area contributed by atoms with Gasteiger partial charge in [0.1, 0.15) is 12.4 Å².